The molecule has 6 nitrogen and oxygen atoms in total. The number of fused-ring (bicyclic) bond motifs is 2. The fourth-order valence-corrected chi connectivity index (χ4v) is 5.04. The van der Waals surface area contributed by atoms with E-state index in [1.54, 1.807) is 53.4 Å². The third kappa shape index (κ3) is 3.68. The largest absolute Gasteiger partial charge is 0.459 e. The zero-order valence-electron chi connectivity index (χ0n) is 16.6. The maximum Gasteiger partial charge on any atom is 0.293 e. The van der Waals surface area contributed by atoms with Crippen molar-refractivity contribution in [2.75, 3.05) is 16.2 Å². The molecule has 0 unspecified atom stereocenters. The predicted molar refractivity (Wildman–Crippen MR) is 120 cm³/mol. The Morgan fingerprint density at radius 2 is 1.77 bits per heavy atom. The van der Waals surface area contributed by atoms with Crippen molar-refractivity contribution in [2.45, 2.75) is 17.7 Å². The van der Waals surface area contributed by atoms with E-state index in [0.717, 1.165) is 34.9 Å². The van der Waals surface area contributed by atoms with Gasteiger partial charge < -0.3 is 9.32 Å². The van der Waals surface area contributed by atoms with Crippen molar-refractivity contribution in [2.24, 2.45) is 0 Å². The molecule has 0 fully saturated rings. The van der Waals surface area contributed by atoms with Crippen LogP contribution in [0.5, 0.6) is 0 Å². The molecule has 1 aliphatic rings. The summed E-state index contributed by atoms with van der Waals surface area (Å²) in [4.78, 5) is 14.6. The topological polar surface area (TPSA) is 79.6 Å². The number of carbonyl (C=O) groups is 1. The summed E-state index contributed by atoms with van der Waals surface area (Å²) in [7, 11) is -3.74. The third-order valence-electron chi connectivity index (χ3n) is 5.46. The van der Waals surface area contributed by atoms with Crippen LogP contribution < -0.4 is 9.62 Å². The molecule has 3 aromatic carbocycles. The zero-order chi connectivity index (χ0) is 21.4. The van der Waals surface area contributed by atoms with E-state index in [4.69, 9.17) is 4.42 Å². The Kier molecular flexibility index (Phi) is 4.75. The average Bonchev–Trinajstić information content (AvgIpc) is 3.32. The number of nitrogens with one attached hydrogen (secondary N) is 1. The van der Waals surface area contributed by atoms with E-state index in [2.05, 4.69) is 4.72 Å². The average molecular weight is 433 g/mol. The summed E-state index contributed by atoms with van der Waals surface area (Å²) in [6, 6.07) is 21.3. The van der Waals surface area contributed by atoms with E-state index < -0.39 is 10.0 Å². The molecule has 0 bridgehead atoms. The highest BCUT2D eigenvalue weighted by Gasteiger charge is 2.26. The van der Waals surface area contributed by atoms with Gasteiger partial charge in [-0.15, -0.1) is 0 Å². The van der Waals surface area contributed by atoms with Gasteiger partial charge in [-0.1, -0.05) is 30.3 Å². The first-order valence-corrected chi connectivity index (χ1v) is 11.5. The summed E-state index contributed by atoms with van der Waals surface area (Å²) in [6.07, 6.45) is 3.03. The zero-order valence-corrected chi connectivity index (χ0v) is 17.4. The summed E-state index contributed by atoms with van der Waals surface area (Å²) in [5.74, 6) is 0.0874. The Balaban J connectivity index is 1.43. The molecule has 1 aromatic heterocycles. The summed E-state index contributed by atoms with van der Waals surface area (Å²) < 4.78 is 33.8. The van der Waals surface area contributed by atoms with Crippen LogP contribution in [0.3, 0.4) is 0 Å². The fourth-order valence-electron chi connectivity index (χ4n) is 3.95. The van der Waals surface area contributed by atoms with Gasteiger partial charge in [-0.05, 0) is 71.6 Å². The maximum atomic E-state index is 13.0. The van der Waals surface area contributed by atoms with Crippen LogP contribution in [0.15, 0.2) is 88.4 Å². The van der Waals surface area contributed by atoms with Crippen molar-refractivity contribution in [1.82, 2.24) is 0 Å². The van der Waals surface area contributed by atoms with Gasteiger partial charge in [-0.2, -0.15) is 0 Å². The van der Waals surface area contributed by atoms with Crippen molar-refractivity contribution >= 4 is 38.1 Å². The van der Waals surface area contributed by atoms with Crippen LogP contribution in [-0.2, 0) is 16.4 Å². The summed E-state index contributed by atoms with van der Waals surface area (Å²) in [5.41, 5.74) is 2.17. The molecule has 0 radical (unpaired) electrons. The second kappa shape index (κ2) is 7.59. The molecular weight excluding hydrogens is 412 g/mol. The van der Waals surface area contributed by atoms with Gasteiger partial charge in [-0.3, -0.25) is 9.52 Å². The highest BCUT2D eigenvalue weighted by atomic mass is 32.2. The summed E-state index contributed by atoms with van der Waals surface area (Å²) in [5, 5.41) is 1.85. The second-order valence-electron chi connectivity index (χ2n) is 7.50. The molecule has 2 heterocycles. The molecule has 1 aliphatic heterocycles. The lowest BCUT2D eigenvalue weighted by molar-refractivity contribution is 0.0958. The van der Waals surface area contributed by atoms with Crippen LogP contribution in [-0.4, -0.2) is 20.9 Å². The number of benzene rings is 3. The molecule has 31 heavy (non-hydrogen) atoms. The first-order chi connectivity index (χ1) is 15.0. The molecule has 0 atom stereocenters. The fraction of sp³-hybridized carbons (Fsp3) is 0.125. The molecular formula is C24H20N2O4S. The van der Waals surface area contributed by atoms with Crippen LogP contribution in [0.4, 0.5) is 11.4 Å². The number of amides is 1. The van der Waals surface area contributed by atoms with Crippen molar-refractivity contribution in [3.63, 3.8) is 0 Å². The molecule has 0 spiro atoms. The number of sulfonamides is 1. The minimum absolute atomic E-state index is 0.199. The number of carbonyl (C=O) groups excluding carboxylic acids is 1. The molecule has 5 rings (SSSR count). The van der Waals surface area contributed by atoms with E-state index >= 15 is 0 Å². The molecule has 4 aromatic rings. The second-order valence-corrected chi connectivity index (χ2v) is 9.18. The van der Waals surface area contributed by atoms with Crippen LogP contribution >= 0.6 is 0 Å². The van der Waals surface area contributed by atoms with Gasteiger partial charge in [0.2, 0.25) is 0 Å². The van der Waals surface area contributed by atoms with E-state index in [0.29, 0.717) is 12.2 Å². The number of nitrogens with zero attached hydrogens (tertiary/aromatic N) is 1. The highest BCUT2D eigenvalue weighted by Crippen LogP contribution is 2.32. The molecule has 156 valence electrons. The van der Waals surface area contributed by atoms with Crippen LogP contribution in [0, 0.1) is 0 Å². The minimum atomic E-state index is -3.74. The monoisotopic (exact) mass is 432 g/mol. The highest BCUT2D eigenvalue weighted by molar-refractivity contribution is 7.92. The summed E-state index contributed by atoms with van der Waals surface area (Å²) in [6.45, 7) is 0.592. The Labute approximate surface area is 180 Å². The molecule has 1 amide bonds. The number of hydrogen-bond acceptors (Lipinski definition) is 4. The van der Waals surface area contributed by atoms with E-state index in [-0.39, 0.29) is 16.6 Å². The number of aryl methyl sites for hydroxylation is 1. The number of rotatable bonds is 4. The van der Waals surface area contributed by atoms with Crippen LogP contribution in [0.2, 0.25) is 0 Å². The minimum Gasteiger partial charge on any atom is -0.459 e. The van der Waals surface area contributed by atoms with Crippen LogP contribution in [0.1, 0.15) is 22.5 Å². The standard InChI is InChI=1S/C24H20N2O4S/c27-24(23-8-4-14-30-23)26-13-3-7-19-15-20(10-12-22(19)26)25-31(28,29)21-11-9-17-5-1-2-6-18(17)16-21/h1-2,4-6,8-12,14-16,25H,3,7,13H2. The quantitative estimate of drug-likeness (QED) is 0.501. The number of hydrogen-bond donors (Lipinski definition) is 1. The van der Waals surface area contributed by atoms with Gasteiger partial charge in [0.1, 0.15) is 0 Å². The maximum absolute atomic E-state index is 13.0. The van der Waals surface area contributed by atoms with E-state index in [1.807, 2.05) is 24.3 Å². The van der Waals surface area contributed by atoms with Crippen molar-refractivity contribution in [3.8, 4) is 0 Å². The van der Waals surface area contributed by atoms with Crippen molar-refractivity contribution in [3.05, 3.63) is 90.4 Å². The van der Waals surface area contributed by atoms with Crippen molar-refractivity contribution in [1.29, 1.82) is 0 Å². The molecule has 0 aliphatic carbocycles. The van der Waals surface area contributed by atoms with Crippen LogP contribution in [0.25, 0.3) is 10.8 Å². The predicted octanol–water partition coefficient (Wildman–Crippen LogP) is 4.83. The van der Waals surface area contributed by atoms with Gasteiger partial charge >= 0.3 is 0 Å². The van der Waals surface area contributed by atoms with E-state index in [1.165, 1.54) is 6.26 Å². The Hall–Kier alpha value is -3.58. The smallest absolute Gasteiger partial charge is 0.293 e. The van der Waals surface area contributed by atoms with Gasteiger partial charge in [0.25, 0.3) is 15.9 Å². The molecule has 1 N–H and O–H groups in total. The van der Waals surface area contributed by atoms with Gasteiger partial charge in [0.15, 0.2) is 5.76 Å². The number of anilines is 2. The Bertz CT molecular complexity index is 1380. The molecule has 0 saturated heterocycles. The third-order valence-corrected chi connectivity index (χ3v) is 6.84. The molecule has 0 saturated carbocycles. The SMILES string of the molecule is O=C(c1ccco1)N1CCCc2cc(NS(=O)(=O)c3ccc4ccccc4c3)ccc21. The van der Waals surface area contributed by atoms with E-state index in [9.17, 15) is 13.2 Å². The normalized spacial score (nSPS) is 13.7. The van der Waals surface area contributed by atoms with Gasteiger partial charge in [0, 0.05) is 17.9 Å². The van der Waals surface area contributed by atoms with Crippen molar-refractivity contribution < 1.29 is 17.6 Å². The first kappa shape index (κ1) is 19.4. The Morgan fingerprint density at radius 1 is 0.935 bits per heavy atom. The lowest BCUT2D eigenvalue weighted by Gasteiger charge is -2.29. The lowest BCUT2D eigenvalue weighted by atomic mass is 10.0. The number of furan rings is 1. The lowest BCUT2D eigenvalue weighted by Crippen LogP contribution is -2.35. The Morgan fingerprint density at radius 3 is 2.58 bits per heavy atom. The van der Waals surface area contributed by atoms with Gasteiger partial charge in [0.05, 0.1) is 11.2 Å². The summed E-state index contributed by atoms with van der Waals surface area (Å²) >= 11 is 0. The van der Waals surface area contributed by atoms with Gasteiger partial charge in [-0.25, -0.2) is 8.42 Å². The molecule has 7 heteroatoms. The first-order valence-electron chi connectivity index (χ1n) is 10.0.